The van der Waals surface area contributed by atoms with E-state index in [9.17, 15) is 29.0 Å². The van der Waals surface area contributed by atoms with Crippen LogP contribution in [0.3, 0.4) is 0 Å². The van der Waals surface area contributed by atoms with Crippen LogP contribution in [0.5, 0.6) is 5.75 Å². The number of carbonyl (C=O) groups excluding carboxylic acids is 5. The van der Waals surface area contributed by atoms with Crippen LogP contribution in [0.15, 0.2) is 39.2 Å². The second kappa shape index (κ2) is 26.4. The fraction of sp³-hybridized carbons (Fsp3) is 0.708. The molecular formula is C48H81BN8O12. The molecule has 0 bridgehead atoms. The van der Waals surface area contributed by atoms with Crippen LogP contribution in [0.2, 0.25) is 6.82 Å². The van der Waals surface area contributed by atoms with Gasteiger partial charge in [0.05, 0.1) is 6.54 Å². The minimum absolute atomic E-state index is 0.00580. The van der Waals surface area contributed by atoms with E-state index in [1.807, 2.05) is 16.9 Å². The van der Waals surface area contributed by atoms with Crippen molar-refractivity contribution in [2.75, 3.05) is 39.3 Å². The molecule has 69 heavy (non-hydrogen) atoms. The third-order valence-electron chi connectivity index (χ3n) is 8.83. The van der Waals surface area contributed by atoms with E-state index < -0.39 is 65.5 Å². The summed E-state index contributed by atoms with van der Waals surface area (Å²) < 4.78 is 33.9. The molecule has 0 saturated heterocycles. The Morgan fingerprint density at radius 2 is 1.13 bits per heavy atom. The van der Waals surface area contributed by atoms with Gasteiger partial charge in [-0.1, -0.05) is 25.7 Å². The summed E-state index contributed by atoms with van der Waals surface area (Å²) in [6.07, 6.45) is 0.476. The molecule has 20 nitrogen and oxygen atoms in total. The number of rotatable bonds is 15. The molecule has 1 aromatic rings. The van der Waals surface area contributed by atoms with Crippen molar-refractivity contribution < 1.29 is 57.4 Å². The number of hydrogen-bond donors (Lipinski definition) is 3. The van der Waals surface area contributed by atoms with E-state index in [1.54, 1.807) is 123 Å². The molecule has 1 heterocycles. The topological polar surface area (TPSA) is 232 Å². The minimum atomic E-state index is -1.04. The number of benzene rings is 1. The fourth-order valence-corrected chi connectivity index (χ4v) is 6.20. The number of unbranched alkanes of at least 4 members (excludes halogenated alkanes) is 5. The Labute approximate surface area is 410 Å². The molecular weight excluding hydrogens is 891 g/mol. The molecule has 0 aromatic heterocycles. The number of guanidine groups is 2. The van der Waals surface area contributed by atoms with Crippen LogP contribution in [0.1, 0.15) is 154 Å². The van der Waals surface area contributed by atoms with E-state index in [4.69, 9.17) is 28.4 Å². The fourth-order valence-electron chi connectivity index (χ4n) is 6.20. The molecule has 0 atom stereocenters. The van der Waals surface area contributed by atoms with Crippen molar-refractivity contribution in [1.29, 1.82) is 0 Å². The summed E-state index contributed by atoms with van der Waals surface area (Å²) >= 11 is 0. The molecule has 1 aliphatic heterocycles. The summed E-state index contributed by atoms with van der Waals surface area (Å²) in [4.78, 5) is 84.0. The molecule has 3 N–H and O–H groups in total. The molecule has 0 saturated carbocycles. The third kappa shape index (κ3) is 25.5. The van der Waals surface area contributed by atoms with Gasteiger partial charge in [0.1, 0.15) is 46.2 Å². The Bertz CT molecular complexity index is 1910. The zero-order valence-corrected chi connectivity index (χ0v) is 44.2. The second-order valence-electron chi connectivity index (χ2n) is 21.5. The Balaban J connectivity index is 2.33. The van der Waals surface area contributed by atoms with Gasteiger partial charge in [-0.2, -0.15) is 0 Å². The number of amidine groups is 1. The van der Waals surface area contributed by atoms with Gasteiger partial charge in [-0.3, -0.25) is 20.6 Å². The largest absolute Gasteiger partial charge is 0.492 e. The van der Waals surface area contributed by atoms with E-state index in [2.05, 4.69) is 25.6 Å². The third-order valence-corrected chi connectivity index (χ3v) is 8.83. The first-order valence-electron chi connectivity index (χ1n) is 23.8. The predicted octanol–water partition coefficient (Wildman–Crippen LogP) is 9.14. The smallest absolute Gasteiger partial charge is 0.437 e. The lowest BCUT2D eigenvalue weighted by molar-refractivity contribution is 0.0259. The molecule has 1 aliphatic rings. The molecule has 0 unspecified atom stereocenters. The molecule has 5 amide bonds. The van der Waals surface area contributed by atoms with Gasteiger partial charge < -0.3 is 38.3 Å². The van der Waals surface area contributed by atoms with Crippen molar-refractivity contribution in [1.82, 2.24) is 25.2 Å². The number of aliphatic imine (C=N–C) groups is 3. The summed E-state index contributed by atoms with van der Waals surface area (Å²) in [7, 11) is -0.706. The van der Waals surface area contributed by atoms with Crippen molar-refractivity contribution in [2.45, 2.75) is 184 Å². The first-order chi connectivity index (χ1) is 31.7. The Kier molecular flexibility index (Phi) is 22.8. The van der Waals surface area contributed by atoms with E-state index in [-0.39, 0.29) is 38.2 Å². The summed E-state index contributed by atoms with van der Waals surface area (Å²) in [6.45, 7) is 28.5. The zero-order valence-electron chi connectivity index (χ0n) is 44.2. The van der Waals surface area contributed by atoms with Crippen molar-refractivity contribution >= 4 is 55.3 Å². The number of nitrogens with zero attached hydrogens (tertiary/aromatic N) is 6. The molecule has 1 aromatic carbocycles. The van der Waals surface area contributed by atoms with Gasteiger partial charge in [-0.25, -0.2) is 33.8 Å². The summed E-state index contributed by atoms with van der Waals surface area (Å²) in [5, 5.41) is 15.3. The summed E-state index contributed by atoms with van der Waals surface area (Å²) in [5.41, 5.74) is -3.62. The van der Waals surface area contributed by atoms with Gasteiger partial charge in [0.2, 0.25) is 11.9 Å². The normalized spacial score (nSPS) is 13.6. The molecule has 2 rings (SSSR count). The van der Waals surface area contributed by atoms with Crippen LogP contribution in [0.4, 0.5) is 24.0 Å². The molecule has 388 valence electrons. The lowest BCUT2D eigenvalue weighted by atomic mass is 9.83. The van der Waals surface area contributed by atoms with Gasteiger partial charge in [0.15, 0.2) is 0 Å². The van der Waals surface area contributed by atoms with Crippen molar-refractivity contribution in [3.8, 4) is 5.75 Å². The van der Waals surface area contributed by atoms with Crippen LogP contribution < -0.4 is 15.4 Å². The SMILES string of the molecule is CB(O)N1CCCN=C1c1ccc(OCCN(C(=O)OC(C)(C)C)/C(=N/C(=O)OC(C)(C)C)N(CCCCCCCCN=C(NC(=O)OC(C)(C)C)NC(=O)OC(C)(C)C)C(=O)OC(C)(C)C)cc1. The molecule has 0 spiro atoms. The highest BCUT2D eigenvalue weighted by molar-refractivity contribution is 6.50. The summed E-state index contributed by atoms with van der Waals surface area (Å²) in [6, 6.07) is 7.18. The lowest BCUT2D eigenvalue weighted by Gasteiger charge is -2.34. The average Bonchev–Trinajstić information content (AvgIpc) is 3.16. The molecule has 0 aliphatic carbocycles. The van der Waals surface area contributed by atoms with Crippen molar-refractivity contribution in [2.24, 2.45) is 15.0 Å². The van der Waals surface area contributed by atoms with Gasteiger partial charge in [-0.05, 0) is 154 Å². The van der Waals surface area contributed by atoms with Crippen molar-refractivity contribution in [3.63, 3.8) is 0 Å². The van der Waals surface area contributed by atoms with Crippen LogP contribution in [-0.2, 0) is 23.7 Å². The number of amides is 5. The minimum Gasteiger partial charge on any atom is -0.492 e. The number of hydrogen-bond acceptors (Lipinski definition) is 15. The maximum absolute atomic E-state index is 14.1. The highest BCUT2D eigenvalue weighted by Crippen LogP contribution is 2.21. The van der Waals surface area contributed by atoms with E-state index in [0.717, 1.165) is 41.0 Å². The van der Waals surface area contributed by atoms with Gasteiger partial charge in [0.25, 0.3) is 0 Å². The first-order valence-corrected chi connectivity index (χ1v) is 23.8. The monoisotopic (exact) mass is 973 g/mol. The number of ether oxygens (including phenoxy) is 6. The number of carbonyl (C=O) groups is 5. The Hall–Kier alpha value is -5.60. The average molecular weight is 973 g/mol. The molecule has 21 heteroatoms. The van der Waals surface area contributed by atoms with Crippen LogP contribution in [0, 0.1) is 0 Å². The first kappa shape index (κ1) is 59.5. The maximum atomic E-state index is 14.1. The Morgan fingerprint density at radius 3 is 1.61 bits per heavy atom. The van der Waals surface area contributed by atoms with Crippen LogP contribution in [-0.4, -0.2) is 142 Å². The van der Waals surface area contributed by atoms with Crippen LogP contribution >= 0.6 is 0 Å². The second-order valence-corrected chi connectivity index (χ2v) is 21.5. The number of alkyl carbamates (subject to hydrolysis) is 2. The number of nitrogens with one attached hydrogen (secondary N) is 2. The standard InChI is InChI=1S/C48H81BN8O12/c1-44(2,3)65-39(58)52-37(53-40(59)66-45(4,5)6)51-28-21-19-17-18-20-22-30-55(42(61)68-47(10,11)12)38(54-41(60)67-46(7,8)9)56(43(62)69-48(13,14)15)32-33-64-35-26-24-34(25-27-35)36-50-29-23-31-57(36)49(16)63/h24-27,63H,17-23,28-33H2,1-16H3,(H2,51,52,53,58,59)/b54-38+. The molecule has 0 fully saturated rings. The van der Waals surface area contributed by atoms with Crippen molar-refractivity contribution in [3.05, 3.63) is 29.8 Å². The highest BCUT2D eigenvalue weighted by Gasteiger charge is 2.36. The summed E-state index contributed by atoms with van der Waals surface area (Å²) in [5.74, 6) is 0.709. The zero-order chi connectivity index (χ0) is 52.4. The maximum Gasteiger partial charge on any atom is 0.437 e. The predicted molar refractivity (Wildman–Crippen MR) is 267 cm³/mol. The van der Waals surface area contributed by atoms with E-state index in [0.29, 0.717) is 43.9 Å². The Morgan fingerprint density at radius 1 is 0.667 bits per heavy atom. The molecule has 0 radical (unpaired) electrons. The van der Waals surface area contributed by atoms with E-state index >= 15 is 0 Å². The quantitative estimate of drug-likeness (QED) is 0.0490. The van der Waals surface area contributed by atoms with E-state index in [1.165, 1.54) is 0 Å². The van der Waals surface area contributed by atoms with Gasteiger partial charge >= 0.3 is 37.5 Å². The van der Waals surface area contributed by atoms with Gasteiger partial charge in [0, 0.05) is 31.7 Å². The van der Waals surface area contributed by atoms with Gasteiger partial charge in [-0.15, -0.1) is 4.99 Å². The highest BCUT2D eigenvalue weighted by atomic mass is 16.6. The lowest BCUT2D eigenvalue weighted by Crippen LogP contribution is -2.53. The van der Waals surface area contributed by atoms with Crippen LogP contribution in [0.25, 0.3) is 0 Å².